The predicted octanol–water partition coefficient (Wildman–Crippen LogP) is 3.22. The molecule has 5 heteroatoms. The van der Waals surface area contributed by atoms with Gasteiger partial charge in [0.25, 0.3) is 0 Å². The van der Waals surface area contributed by atoms with Gasteiger partial charge >= 0.3 is 0 Å². The lowest BCUT2D eigenvalue weighted by atomic mass is 10.2. The Bertz CT molecular complexity index is 799. The molecule has 3 rings (SSSR count). The van der Waals surface area contributed by atoms with E-state index in [1.54, 1.807) is 14.2 Å². The molecule has 1 aromatic heterocycles. The summed E-state index contributed by atoms with van der Waals surface area (Å²) in [7, 11) is 3.41. The molecular formula is C20H25N3O2. The van der Waals surface area contributed by atoms with Crippen molar-refractivity contribution >= 4 is 11.0 Å². The van der Waals surface area contributed by atoms with Gasteiger partial charge in [0.1, 0.15) is 11.6 Å². The molecule has 25 heavy (non-hydrogen) atoms. The summed E-state index contributed by atoms with van der Waals surface area (Å²) in [4.78, 5) is 4.82. The van der Waals surface area contributed by atoms with Crippen molar-refractivity contribution in [3.05, 3.63) is 59.9 Å². The van der Waals surface area contributed by atoms with Crippen LogP contribution < -0.4 is 10.1 Å². The van der Waals surface area contributed by atoms with Crippen LogP contribution in [0.3, 0.4) is 0 Å². The lowest BCUT2D eigenvalue weighted by Gasteiger charge is -2.10. The topological polar surface area (TPSA) is 48.3 Å². The summed E-state index contributed by atoms with van der Waals surface area (Å²) < 4.78 is 12.7. The van der Waals surface area contributed by atoms with E-state index in [0.717, 1.165) is 55.3 Å². The summed E-state index contributed by atoms with van der Waals surface area (Å²) in [6.07, 6.45) is 0.989. The van der Waals surface area contributed by atoms with Crippen LogP contribution in [0.5, 0.6) is 5.75 Å². The molecule has 0 radical (unpaired) electrons. The Labute approximate surface area is 148 Å². The molecule has 1 heterocycles. The normalized spacial score (nSPS) is 11.1. The van der Waals surface area contributed by atoms with E-state index in [9.17, 15) is 0 Å². The molecule has 0 saturated heterocycles. The smallest absolute Gasteiger partial charge is 0.124 e. The number of methoxy groups -OCH3 is 2. The maximum Gasteiger partial charge on any atom is 0.124 e. The molecule has 2 aromatic carbocycles. The van der Waals surface area contributed by atoms with Crippen LogP contribution in [-0.4, -0.2) is 36.9 Å². The van der Waals surface area contributed by atoms with Gasteiger partial charge in [-0.05, 0) is 30.7 Å². The lowest BCUT2D eigenvalue weighted by molar-refractivity contribution is 0.194. The Morgan fingerprint density at radius 2 is 1.92 bits per heavy atom. The quantitative estimate of drug-likeness (QED) is 0.608. The van der Waals surface area contributed by atoms with Gasteiger partial charge in [-0.1, -0.05) is 30.3 Å². The van der Waals surface area contributed by atoms with Gasteiger partial charge in [0.05, 0.1) is 24.7 Å². The summed E-state index contributed by atoms with van der Waals surface area (Å²) in [5, 5.41) is 3.46. The molecule has 0 fully saturated rings. The Morgan fingerprint density at radius 3 is 2.68 bits per heavy atom. The van der Waals surface area contributed by atoms with E-state index in [2.05, 4.69) is 40.2 Å². The van der Waals surface area contributed by atoms with Gasteiger partial charge in [-0.25, -0.2) is 4.98 Å². The highest BCUT2D eigenvalue weighted by atomic mass is 16.5. The lowest BCUT2D eigenvalue weighted by Crippen LogP contribution is -2.19. The molecule has 0 aliphatic carbocycles. The monoisotopic (exact) mass is 339 g/mol. The Kier molecular flexibility index (Phi) is 6.04. The number of imidazole rings is 1. The molecule has 5 nitrogen and oxygen atoms in total. The molecule has 0 unspecified atom stereocenters. The van der Waals surface area contributed by atoms with Gasteiger partial charge in [-0.3, -0.25) is 0 Å². The van der Waals surface area contributed by atoms with Gasteiger partial charge in [0, 0.05) is 26.3 Å². The van der Waals surface area contributed by atoms with Gasteiger partial charge < -0.3 is 19.4 Å². The second kappa shape index (κ2) is 8.65. The third-order valence-corrected chi connectivity index (χ3v) is 4.20. The Morgan fingerprint density at radius 1 is 1.08 bits per heavy atom. The largest absolute Gasteiger partial charge is 0.497 e. The van der Waals surface area contributed by atoms with Gasteiger partial charge in [0.15, 0.2) is 0 Å². The minimum absolute atomic E-state index is 0.730. The number of rotatable bonds is 9. The van der Waals surface area contributed by atoms with Crippen molar-refractivity contribution in [2.75, 3.05) is 27.4 Å². The van der Waals surface area contributed by atoms with Gasteiger partial charge in [0.2, 0.25) is 0 Å². The van der Waals surface area contributed by atoms with E-state index in [1.807, 2.05) is 18.2 Å². The SMILES string of the molecule is COCCCNCc1nc2cc(OC)ccc2n1Cc1ccccc1. The van der Waals surface area contributed by atoms with Gasteiger partial charge in [-0.15, -0.1) is 0 Å². The standard InChI is InChI=1S/C20H25N3O2/c1-24-12-6-11-21-14-20-22-18-13-17(25-2)9-10-19(18)23(20)15-16-7-4-3-5-8-16/h3-5,7-10,13,21H,6,11-12,14-15H2,1-2H3. The zero-order chi connectivity index (χ0) is 17.5. The van der Waals surface area contributed by atoms with Crippen molar-refractivity contribution in [3.8, 4) is 5.75 Å². The van der Waals surface area contributed by atoms with Crippen LogP contribution in [0.4, 0.5) is 0 Å². The minimum atomic E-state index is 0.730. The average Bonchev–Trinajstić information content (AvgIpc) is 2.99. The highest BCUT2D eigenvalue weighted by molar-refractivity contribution is 5.78. The maximum atomic E-state index is 5.34. The number of benzene rings is 2. The van der Waals surface area contributed by atoms with Crippen molar-refractivity contribution in [3.63, 3.8) is 0 Å². The first-order valence-electron chi connectivity index (χ1n) is 8.58. The maximum absolute atomic E-state index is 5.34. The Balaban J connectivity index is 1.85. The van der Waals surface area contributed by atoms with E-state index in [0.29, 0.717) is 0 Å². The van der Waals surface area contributed by atoms with Crippen molar-refractivity contribution in [1.29, 1.82) is 0 Å². The fourth-order valence-corrected chi connectivity index (χ4v) is 2.91. The molecular weight excluding hydrogens is 314 g/mol. The highest BCUT2D eigenvalue weighted by Crippen LogP contribution is 2.23. The highest BCUT2D eigenvalue weighted by Gasteiger charge is 2.12. The molecule has 0 amide bonds. The van der Waals surface area contributed by atoms with E-state index >= 15 is 0 Å². The minimum Gasteiger partial charge on any atom is -0.497 e. The number of nitrogens with zero attached hydrogens (tertiary/aromatic N) is 2. The second-order valence-corrected chi connectivity index (χ2v) is 5.98. The average molecular weight is 339 g/mol. The molecule has 0 saturated carbocycles. The van der Waals surface area contributed by atoms with Crippen molar-refractivity contribution < 1.29 is 9.47 Å². The zero-order valence-corrected chi connectivity index (χ0v) is 14.9. The number of aromatic nitrogens is 2. The fourth-order valence-electron chi connectivity index (χ4n) is 2.91. The van der Waals surface area contributed by atoms with Crippen LogP contribution in [-0.2, 0) is 17.8 Å². The van der Waals surface area contributed by atoms with Crippen LogP contribution in [0.1, 0.15) is 17.8 Å². The van der Waals surface area contributed by atoms with E-state index in [-0.39, 0.29) is 0 Å². The molecule has 0 bridgehead atoms. The molecule has 0 atom stereocenters. The van der Waals surface area contributed by atoms with E-state index < -0.39 is 0 Å². The second-order valence-electron chi connectivity index (χ2n) is 5.98. The molecule has 0 aliphatic heterocycles. The summed E-state index contributed by atoms with van der Waals surface area (Å²) in [6.45, 7) is 3.21. The molecule has 0 spiro atoms. The first kappa shape index (κ1) is 17.5. The van der Waals surface area contributed by atoms with Crippen LogP contribution in [0.25, 0.3) is 11.0 Å². The van der Waals surface area contributed by atoms with E-state index in [4.69, 9.17) is 14.5 Å². The van der Waals surface area contributed by atoms with Crippen molar-refractivity contribution in [1.82, 2.24) is 14.9 Å². The van der Waals surface area contributed by atoms with Crippen LogP contribution in [0, 0.1) is 0 Å². The third kappa shape index (κ3) is 4.38. The van der Waals surface area contributed by atoms with Crippen LogP contribution in [0.2, 0.25) is 0 Å². The first-order valence-corrected chi connectivity index (χ1v) is 8.58. The molecule has 132 valence electrons. The molecule has 1 N–H and O–H groups in total. The summed E-state index contributed by atoms with van der Waals surface area (Å²) in [5.41, 5.74) is 3.35. The molecule has 0 aliphatic rings. The zero-order valence-electron chi connectivity index (χ0n) is 14.9. The predicted molar refractivity (Wildman–Crippen MR) is 100 cm³/mol. The first-order chi connectivity index (χ1) is 12.3. The van der Waals surface area contributed by atoms with Gasteiger partial charge in [-0.2, -0.15) is 0 Å². The van der Waals surface area contributed by atoms with Crippen molar-refractivity contribution in [2.24, 2.45) is 0 Å². The summed E-state index contributed by atoms with van der Waals surface area (Å²) >= 11 is 0. The van der Waals surface area contributed by atoms with Crippen LogP contribution in [0.15, 0.2) is 48.5 Å². The number of hydrogen-bond acceptors (Lipinski definition) is 4. The van der Waals surface area contributed by atoms with Crippen molar-refractivity contribution in [2.45, 2.75) is 19.5 Å². The van der Waals surface area contributed by atoms with E-state index in [1.165, 1.54) is 5.56 Å². The summed E-state index contributed by atoms with van der Waals surface area (Å²) in [5.74, 6) is 1.86. The third-order valence-electron chi connectivity index (χ3n) is 4.20. The number of nitrogens with one attached hydrogen (secondary N) is 1. The van der Waals surface area contributed by atoms with Crippen LogP contribution >= 0.6 is 0 Å². The number of hydrogen-bond donors (Lipinski definition) is 1. The molecule has 3 aromatic rings. The number of ether oxygens (including phenoxy) is 2. The Hall–Kier alpha value is -2.37. The number of fused-ring (bicyclic) bond motifs is 1. The summed E-state index contributed by atoms with van der Waals surface area (Å²) in [6, 6.07) is 16.5. The fraction of sp³-hybridized carbons (Fsp3) is 0.350.